The van der Waals surface area contributed by atoms with Gasteiger partial charge in [-0.25, -0.2) is 4.79 Å². The normalized spacial score (nSPS) is 16.8. The predicted molar refractivity (Wildman–Crippen MR) is 95.6 cm³/mol. The van der Waals surface area contributed by atoms with E-state index in [1.165, 1.54) is 5.56 Å². The Bertz CT molecular complexity index is 632. The zero-order chi connectivity index (χ0) is 17.6. The molecular formula is C19H27N3O3. The van der Waals surface area contributed by atoms with Gasteiger partial charge in [0.15, 0.2) is 0 Å². The smallest absolute Gasteiger partial charge is 0.317 e. The first-order valence-electron chi connectivity index (χ1n) is 9.22. The van der Waals surface area contributed by atoms with Crippen LogP contribution in [0, 0.1) is 0 Å². The number of hydrogen-bond acceptors (Lipinski definition) is 3. The van der Waals surface area contributed by atoms with Gasteiger partial charge in [0.25, 0.3) is 0 Å². The van der Waals surface area contributed by atoms with Crippen molar-refractivity contribution < 1.29 is 14.3 Å². The molecule has 3 rings (SSSR count). The molecule has 0 saturated carbocycles. The van der Waals surface area contributed by atoms with Crippen molar-refractivity contribution in [2.45, 2.75) is 39.2 Å². The molecule has 1 saturated heterocycles. The highest BCUT2D eigenvalue weighted by atomic mass is 16.5. The van der Waals surface area contributed by atoms with Gasteiger partial charge in [-0.2, -0.15) is 0 Å². The molecule has 0 aliphatic carbocycles. The molecule has 2 aliphatic rings. The molecule has 2 aliphatic heterocycles. The van der Waals surface area contributed by atoms with Crippen molar-refractivity contribution in [2.75, 3.05) is 32.8 Å². The molecule has 2 heterocycles. The highest BCUT2D eigenvalue weighted by molar-refractivity contribution is 5.78. The summed E-state index contributed by atoms with van der Waals surface area (Å²) >= 11 is 0. The summed E-state index contributed by atoms with van der Waals surface area (Å²) < 4.78 is 5.55. The van der Waals surface area contributed by atoms with Gasteiger partial charge in [-0.15, -0.1) is 0 Å². The monoisotopic (exact) mass is 345 g/mol. The van der Waals surface area contributed by atoms with Crippen molar-refractivity contribution in [2.24, 2.45) is 0 Å². The van der Waals surface area contributed by atoms with Crippen molar-refractivity contribution >= 4 is 11.9 Å². The van der Waals surface area contributed by atoms with Crippen LogP contribution in [0.1, 0.15) is 37.3 Å². The Hall–Kier alpha value is -2.24. The van der Waals surface area contributed by atoms with E-state index < -0.39 is 0 Å². The van der Waals surface area contributed by atoms with Gasteiger partial charge in [-0.3, -0.25) is 4.79 Å². The van der Waals surface area contributed by atoms with Gasteiger partial charge in [0.2, 0.25) is 5.91 Å². The van der Waals surface area contributed by atoms with Gasteiger partial charge in [0.05, 0.1) is 6.61 Å². The SMILES string of the molecule is CCOc1ccc2c(c1)CN(C(=O)NCCCN1CCCC1=O)CC2. The summed E-state index contributed by atoms with van der Waals surface area (Å²) in [4.78, 5) is 27.7. The highest BCUT2D eigenvalue weighted by Gasteiger charge is 2.22. The molecular weight excluding hydrogens is 318 g/mol. The third-order valence-electron chi connectivity index (χ3n) is 4.84. The minimum Gasteiger partial charge on any atom is -0.494 e. The molecule has 1 N–H and O–H groups in total. The van der Waals surface area contributed by atoms with Crippen molar-refractivity contribution in [1.29, 1.82) is 0 Å². The van der Waals surface area contributed by atoms with Crippen molar-refractivity contribution in [3.05, 3.63) is 29.3 Å². The minimum atomic E-state index is -0.0276. The van der Waals surface area contributed by atoms with E-state index in [-0.39, 0.29) is 11.9 Å². The van der Waals surface area contributed by atoms with Crippen molar-refractivity contribution in [3.63, 3.8) is 0 Å². The second kappa shape index (κ2) is 8.23. The zero-order valence-electron chi connectivity index (χ0n) is 14.9. The molecule has 3 amide bonds. The second-order valence-electron chi connectivity index (χ2n) is 6.60. The Morgan fingerprint density at radius 1 is 1.24 bits per heavy atom. The van der Waals surface area contributed by atoms with E-state index in [1.807, 2.05) is 28.9 Å². The van der Waals surface area contributed by atoms with E-state index in [2.05, 4.69) is 11.4 Å². The minimum absolute atomic E-state index is 0.0276. The number of rotatable bonds is 6. The topological polar surface area (TPSA) is 61.9 Å². The fourth-order valence-electron chi connectivity index (χ4n) is 3.48. The van der Waals surface area contributed by atoms with Gasteiger partial charge >= 0.3 is 6.03 Å². The van der Waals surface area contributed by atoms with Crippen LogP contribution in [0.2, 0.25) is 0 Å². The van der Waals surface area contributed by atoms with Gasteiger partial charge in [-0.05, 0) is 49.4 Å². The van der Waals surface area contributed by atoms with E-state index >= 15 is 0 Å². The number of amides is 3. The lowest BCUT2D eigenvalue weighted by molar-refractivity contribution is -0.127. The lowest BCUT2D eigenvalue weighted by Gasteiger charge is -2.29. The summed E-state index contributed by atoms with van der Waals surface area (Å²) in [6.07, 6.45) is 3.30. The second-order valence-corrected chi connectivity index (χ2v) is 6.60. The average molecular weight is 345 g/mol. The predicted octanol–water partition coefficient (Wildman–Crippen LogP) is 2.17. The van der Waals surface area contributed by atoms with E-state index in [0.717, 1.165) is 50.2 Å². The van der Waals surface area contributed by atoms with Crippen LogP contribution in [0.3, 0.4) is 0 Å². The number of fused-ring (bicyclic) bond motifs is 1. The number of benzene rings is 1. The molecule has 6 nitrogen and oxygen atoms in total. The Morgan fingerprint density at radius 2 is 2.12 bits per heavy atom. The number of ether oxygens (including phenoxy) is 1. The third kappa shape index (κ3) is 4.44. The first kappa shape index (κ1) is 17.6. The average Bonchev–Trinajstić information content (AvgIpc) is 3.03. The summed E-state index contributed by atoms with van der Waals surface area (Å²) in [5.74, 6) is 1.10. The zero-order valence-corrected chi connectivity index (χ0v) is 14.9. The van der Waals surface area contributed by atoms with Crippen LogP contribution in [0.5, 0.6) is 5.75 Å². The number of nitrogens with zero attached hydrogens (tertiary/aromatic N) is 2. The molecule has 136 valence electrons. The van der Waals surface area contributed by atoms with Gasteiger partial charge in [0.1, 0.15) is 5.75 Å². The van der Waals surface area contributed by atoms with Crippen molar-refractivity contribution in [1.82, 2.24) is 15.1 Å². The number of urea groups is 1. The summed E-state index contributed by atoms with van der Waals surface area (Å²) in [6, 6.07) is 6.11. The molecule has 0 spiro atoms. The van der Waals surface area contributed by atoms with E-state index in [1.54, 1.807) is 0 Å². The Morgan fingerprint density at radius 3 is 2.88 bits per heavy atom. The molecule has 6 heteroatoms. The van der Waals surface area contributed by atoms with E-state index in [9.17, 15) is 9.59 Å². The standard InChI is InChI=1S/C19H27N3O3/c1-2-25-17-7-6-15-8-12-22(14-16(15)13-17)19(24)20-9-4-11-21-10-3-5-18(21)23/h6-7,13H,2-5,8-12,14H2,1H3,(H,20,24). The quantitative estimate of drug-likeness (QED) is 0.804. The number of carbonyl (C=O) groups excluding carboxylic acids is 2. The fourth-order valence-corrected chi connectivity index (χ4v) is 3.48. The van der Waals surface area contributed by atoms with E-state index in [4.69, 9.17) is 4.74 Å². The van der Waals surface area contributed by atoms with Gasteiger partial charge < -0.3 is 19.9 Å². The lowest BCUT2D eigenvalue weighted by Crippen LogP contribution is -2.43. The summed E-state index contributed by atoms with van der Waals surface area (Å²) in [7, 11) is 0. The maximum atomic E-state index is 12.4. The molecule has 25 heavy (non-hydrogen) atoms. The number of nitrogens with one attached hydrogen (secondary N) is 1. The maximum Gasteiger partial charge on any atom is 0.317 e. The first-order valence-corrected chi connectivity index (χ1v) is 9.22. The molecule has 1 fully saturated rings. The molecule has 0 aromatic heterocycles. The first-order chi connectivity index (χ1) is 12.2. The Labute approximate surface area is 149 Å². The summed E-state index contributed by atoms with van der Waals surface area (Å²) in [6.45, 7) is 6.16. The molecule has 0 bridgehead atoms. The van der Waals surface area contributed by atoms with Gasteiger partial charge in [-0.1, -0.05) is 6.07 Å². The largest absolute Gasteiger partial charge is 0.494 e. The molecule has 0 atom stereocenters. The molecule has 1 aromatic carbocycles. The number of carbonyl (C=O) groups is 2. The Kier molecular flexibility index (Phi) is 5.79. The van der Waals surface area contributed by atoms with Crippen LogP contribution < -0.4 is 10.1 Å². The van der Waals surface area contributed by atoms with Crippen LogP contribution in [0.25, 0.3) is 0 Å². The fraction of sp³-hybridized carbons (Fsp3) is 0.579. The third-order valence-corrected chi connectivity index (χ3v) is 4.84. The van der Waals surface area contributed by atoms with Crippen LogP contribution in [-0.4, -0.2) is 54.5 Å². The number of hydrogen-bond donors (Lipinski definition) is 1. The molecule has 0 radical (unpaired) electrons. The summed E-state index contributed by atoms with van der Waals surface area (Å²) in [5, 5.41) is 2.98. The van der Waals surface area contributed by atoms with Crippen LogP contribution in [0.4, 0.5) is 4.79 Å². The van der Waals surface area contributed by atoms with Crippen LogP contribution >= 0.6 is 0 Å². The number of likely N-dealkylation sites (tertiary alicyclic amines) is 1. The highest BCUT2D eigenvalue weighted by Crippen LogP contribution is 2.24. The van der Waals surface area contributed by atoms with Crippen molar-refractivity contribution in [3.8, 4) is 5.75 Å². The Balaban J connectivity index is 1.45. The van der Waals surface area contributed by atoms with E-state index in [0.29, 0.717) is 26.1 Å². The van der Waals surface area contributed by atoms with Crippen LogP contribution in [-0.2, 0) is 17.8 Å². The molecule has 1 aromatic rings. The molecule has 0 unspecified atom stereocenters. The summed E-state index contributed by atoms with van der Waals surface area (Å²) in [5.41, 5.74) is 2.45. The maximum absolute atomic E-state index is 12.4. The lowest BCUT2D eigenvalue weighted by atomic mass is 10.00. The van der Waals surface area contributed by atoms with Gasteiger partial charge in [0, 0.05) is 39.1 Å². The van der Waals surface area contributed by atoms with Crippen LogP contribution in [0.15, 0.2) is 18.2 Å².